The summed E-state index contributed by atoms with van der Waals surface area (Å²) in [6.45, 7) is 1.15. The van der Waals surface area contributed by atoms with Crippen molar-refractivity contribution in [3.8, 4) is 5.75 Å². The third-order valence-corrected chi connectivity index (χ3v) is 6.60. The summed E-state index contributed by atoms with van der Waals surface area (Å²) in [4.78, 5) is 1.28. The van der Waals surface area contributed by atoms with Crippen molar-refractivity contribution in [3.63, 3.8) is 0 Å². The molecule has 158 valence electrons. The van der Waals surface area contributed by atoms with Crippen LogP contribution in [0.2, 0.25) is 5.02 Å². The molecule has 2 aromatic rings. The maximum Gasteiger partial charge on any atom is 0.417 e. The van der Waals surface area contributed by atoms with Gasteiger partial charge in [0.05, 0.1) is 17.6 Å². The van der Waals surface area contributed by atoms with Gasteiger partial charge in [-0.1, -0.05) is 11.6 Å². The zero-order chi connectivity index (χ0) is 21.2. The Morgan fingerprint density at radius 2 is 1.72 bits per heavy atom. The lowest BCUT2D eigenvalue weighted by atomic mass is 10.1. The third-order valence-electron chi connectivity index (χ3n) is 4.79. The van der Waals surface area contributed by atoms with Gasteiger partial charge in [-0.15, -0.1) is 0 Å². The predicted molar refractivity (Wildman–Crippen MR) is 105 cm³/mol. The summed E-state index contributed by atoms with van der Waals surface area (Å²) in [6.07, 6.45) is -3.88. The molecule has 1 saturated heterocycles. The van der Waals surface area contributed by atoms with Crippen LogP contribution < -0.4 is 14.4 Å². The van der Waals surface area contributed by atoms with Gasteiger partial charge in [-0.05, 0) is 55.3 Å². The molecule has 1 heterocycles. The topological polar surface area (TPSA) is 58.6 Å². The Morgan fingerprint density at radius 3 is 2.28 bits per heavy atom. The molecule has 1 aliphatic rings. The molecule has 1 fully saturated rings. The van der Waals surface area contributed by atoms with E-state index in [4.69, 9.17) is 16.3 Å². The van der Waals surface area contributed by atoms with Crippen LogP contribution >= 0.6 is 11.6 Å². The van der Waals surface area contributed by atoms with E-state index >= 15 is 0 Å². The Balaban J connectivity index is 1.70. The zero-order valence-electron chi connectivity index (χ0n) is 15.5. The fraction of sp³-hybridized carbons (Fsp3) is 0.368. The van der Waals surface area contributed by atoms with Crippen LogP contribution in [-0.2, 0) is 16.2 Å². The SMILES string of the molecule is COc1ccc(N2CCC(NS(=O)(=O)c3ccc(Cl)cc3C(F)(F)F)CC2)cc1. The second-order valence-electron chi connectivity index (χ2n) is 6.72. The first-order chi connectivity index (χ1) is 13.6. The molecule has 5 nitrogen and oxygen atoms in total. The molecule has 29 heavy (non-hydrogen) atoms. The van der Waals surface area contributed by atoms with Gasteiger partial charge in [-0.25, -0.2) is 13.1 Å². The van der Waals surface area contributed by atoms with Gasteiger partial charge in [0.15, 0.2) is 0 Å². The van der Waals surface area contributed by atoms with Gasteiger partial charge in [0, 0.05) is 29.8 Å². The summed E-state index contributed by atoms with van der Waals surface area (Å²) in [5, 5.41) is -0.177. The van der Waals surface area contributed by atoms with Gasteiger partial charge in [0.2, 0.25) is 10.0 Å². The predicted octanol–water partition coefficient (Wildman–Crippen LogP) is 4.31. The molecule has 3 rings (SSSR count). The van der Waals surface area contributed by atoms with Crippen LogP contribution in [0.3, 0.4) is 0 Å². The highest BCUT2D eigenvalue weighted by Crippen LogP contribution is 2.36. The van der Waals surface area contributed by atoms with Gasteiger partial charge < -0.3 is 9.64 Å². The number of sulfonamides is 1. The second kappa shape index (κ2) is 8.41. The fourth-order valence-electron chi connectivity index (χ4n) is 3.29. The second-order valence-corrected chi connectivity index (χ2v) is 8.84. The lowest BCUT2D eigenvalue weighted by Gasteiger charge is -2.34. The smallest absolute Gasteiger partial charge is 0.417 e. The molecule has 0 spiro atoms. The number of hydrogen-bond acceptors (Lipinski definition) is 4. The maximum absolute atomic E-state index is 13.3. The van der Waals surface area contributed by atoms with Crippen molar-refractivity contribution < 1.29 is 26.3 Å². The first-order valence-corrected chi connectivity index (χ1v) is 10.7. The lowest BCUT2D eigenvalue weighted by Crippen LogP contribution is -2.45. The summed E-state index contributed by atoms with van der Waals surface area (Å²) in [7, 11) is -2.76. The minimum atomic E-state index is -4.83. The average Bonchev–Trinajstić information content (AvgIpc) is 2.67. The molecule has 1 N–H and O–H groups in total. The lowest BCUT2D eigenvalue weighted by molar-refractivity contribution is -0.139. The molecule has 1 aliphatic heterocycles. The van der Waals surface area contributed by atoms with Crippen molar-refractivity contribution in [1.29, 1.82) is 0 Å². The van der Waals surface area contributed by atoms with Crippen LogP contribution in [0.4, 0.5) is 18.9 Å². The largest absolute Gasteiger partial charge is 0.497 e. The maximum atomic E-state index is 13.3. The molecular formula is C19H20ClF3N2O3S. The number of nitrogens with one attached hydrogen (secondary N) is 1. The minimum absolute atomic E-state index is 0.177. The molecule has 0 aliphatic carbocycles. The van der Waals surface area contributed by atoms with Crippen molar-refractivity contribution in [2.45, 2.75) is 30.0 Å². The van der Waals surface area contributed by atoms with E-state index in [1.54, 1.807) is 7.11 Å². The Bertz CT molecular complexity index is 958. The highest BCUT2D eigenvalue weighted by atomic mass is 35.5. The van der Waals surface area contributed by atoms with E-state index in [9.17, 15) is 21.6 Å². The zero-order valence-corrected chi connectivity index (χ0v) is 17.1. The van der Waals surface area contributed by atoms with Crippen LogP contribution in [0.15, 0.2) is 47.4 Å². The van der Waals surface area contributed by atoms with Gasteiger partial charge >= 0.3 is 6.18 Å². The summed E-state index contributed by atoms with van der Waals surface area (Å²) in [5.74, 6) is 0.736. The van der Waals surface area contributed by atoms with Crippen LogP contribution in [-0.4, -0.2) is 34.7 Å². The molecule has 0 aromatic heterocycles. The number of benzene rings is 2. The third kappa shape index (κ3) is 5.15. The molecule has 0 radical (unpaired) electrons. The molecule has 0 saturated carbocycles. The number of alkyl halides is 3. The van der Waals surface area contributed by atoms with Gasteiger partial charge in [-0.3, -0.25) is 0 Å². The van der Waals surface area contributed by atoms with E-state index in [-0.39, 0.29) is 5.02 Å². The molecule has 2 aromatic carbocycles. The molecule has 0 atom stereocenters. The van der Waals surface area contributed by atoms with Crippen molar-refractivity contribution in [2.24, 2.45) is 0 Å². The monoisotopic (exact) mass is 448 g/mol. The van der Waals surface area contributed by atoms with Crippen LogP contribution in [0.1, 0.15) is 18.4 Å². The number of rotatable bonds is 5. The fourth-order valence-corrected chi connectivity index (χ4v) is 4.97. The number of piperidine rings is 1. The van der Waals surface area contributed by atoms with Crippen LogP contribution in [0, 0.1) is 0 Å². The van der Waals surface area contributed by atoms with Crippen molar-refractivity contribution >= 4 is 27.3 Å². The minimum Gasteiger partial charge on any atom is -0.497 e. The first kappa shape index (κ1) is 21.7. The Hall–Kier alpha value is -1.97. The Kier molecular flexibility index (Phi) is 6.30. The highest BCUT2D eigenvalue weighted by Gasteiger charge is 2.38. The normalized spacial score (nSPS) is 16.1. The van der Waals surface area contributed by atoms with Crippen molar-refractivity contribution in [1.82, 2.24) is 4.72 Å². The Morgan fingerprint density at radius 1 is 1.10 bits per heavy atom. The van der Waals surface area contributed by atoms with Crippen LogP contribution in [0.25, 0.3) is 0 Å². The highest BCUT2D eigenvalue weighted by molar-refractivity contribution is 7.89. The van der Waals surface area contributed by atoms with Crippen LogP contribution in [0.5, 0.6) is 5.75 Å². The van der Waals surface area contributed by atoms with Crippen molar-refractivity contribution in [3.05, 3.63) is 53.1 Å². The average molecular weight is 449 g/mol. The van der Waals surface area contributed by atoms with E-state index in [1.807, 2.05) is 24.3 Å². The van der Waals surface area contributed by atoms with E-state index in [2.05, 4.69) is 9.62 Å². The molecule has 10 heteroatoms. The number of nitrogens with zero attached hydrogens (tertiary/aromatic N) is 1. The summed E-state index contributed by atoms with van der Waals surface area (Å²) < 4.78 is 72.6. The van der Waals surface area contributed by atoms with E-state index < -0.39 is 32.7 Å². The quantitative estimate of drug-likeness (QED) is 0.740. The summed E-state index contributed by atoms with van der Waals surface area (Å²) in [6, 6.07) is 9.69. The number of methoxy groups -OCH3 is 1. The van der Waals surface area contributed by atoms with E-state index in [0.717, 1.165) is 23.6 Å². The molecule has 0 amide bonds. The summed E-state index contributed by atoms with van der Waals surface area (Å²) >= 11 is 5.63. The van der Waals surface area contributed by atoms with Gasteiger partial charge in [-0.2, -0.15) is 13.2 Å². The molecular weight excluding hydrogens is 429 g/mol. The number of ether oxygens (including phenoxy) is 1. The van der Waals surface area contributed by atoms with E-state index in [0.29, 0.717) is 32.0 Å². The van der Waals surface area contributed by atoms with E-state index in [1.165, 1.54) is 0 Å². The molecule has 0 bridgehead atoms. The number of anilines is 1. The van der Waals surface area contributed by atoms with Crippen molar-refractivity contribution in [2.75, 3.05) is 25.1 Å². The standard InChI is InChI=1S/C19H20ClF3N2O3S/c1-28-16-5-3-15(4-6-16)25-10-8-14(9-11-25)24-29(26,27)18-7-2-13(20)12-17(18)19(21,22)23/h2-7,12,14,24H,8-11H2,1H3. The molecule has 0 unspecified atom stereocenters. The Labute approximate surface area is 172 Å². The first-order valence-electron chi connectivity index (χ1n) is 8.88. The number of hydrogen-bond donors (Lipinski definition) is 1. The summed E-state index contributed by atoms with van der Waals surface area (Å²) in [5.41, 5.74) is -0.294. The number of halogens is 4. The van der Waals surface area contributed by atoms with Gasteiger partial charge in [0.25, 0.3) is 0 Å². The van der Waals surface area contributed by atoms with Gasteiger partial charge in [0.1, 0.15) is 5.75 Å².